The van der Waals surface area contributed by atoms with Crippen LogP contribution >= 0.6 is 31.9 Å². The Morgan fingerprint density at radius 3 is 2.25 bits per heavy atom. The zero-order valence-corrected chi connectivity index (χ0v) is 22.0. The van der Waals surface area contributed by atoms with Gasteiger partial charge in [0.1, 0.15) is 6.10 Å². The third-order valence-electron chi connectivity index (χ3n) is 7.47. The van der Waals surface area contributed by atoms with Crippen molar-refractivity contribution < 1.29 is 19.1 Å². The predicted molar refractivity (Wildman–Crippen MR) is 131 cm³/mol. The molecule has 1 aromatic carbocycles. The lowest BCUT2D eigenvalue weighted by molar-refractivity contribution is -0.122. The average molecular weight is 569 g/mol. The summed E-state index contributed by atoms with van der Waals surface area (Å²) >= 11 is 7.24. The molecule has 2 saturated carbocycles. The van der Waals surface area contributed by atoms with Crippen LogP contribution in [0.3, 0.4) is 0 Å². The molecular formula is C25H31Br2NO4. The predicted octanol–water partition coefficient (Wildman–Crippen LogP) is 5.73. The molecule has 3 fully saturated rings. The van der Waals surface area contributed by atoms with Gasteiger partial charge in [0, 0.05) is 9.65 Å². The molecule has 174 valence electrons. The molecular weight excluding hydrogens is 538 g/mol. The average Bonchev–Trinajstić information content (AvgIpc) is 2.98. The molecule has 1 aromatic rings. The highest BCUT2D eigenvalue weighted by molar-refractivity contribution is 9.12. The summed E-state index contributed by atoms with van der Waals surface area (Å²) in [5.41, 5.74) is 0.842. The molecule has 0 bridgehead atoms. The molecule has 0 aromatic heterocycles. The van der Waals surface area contributed by atoms with Gasteiger partial charge in [-0.1, -0.05) is 65.1 Å². The highest BCUT2D eigenvalue weighted by Gasteiger charge is 2.52. The molecule has 1 heterocycles. The summed E-state index contributed by atoms with van der Waals surface area (Å²) in [7, 11) is 0. The molecule has 2 amide bonds. The van der Waals surface area contributed by atoms with E-state index >= 15 is 0 Å². The lowest BCUT2D eigenvalue weighted by Gasteiger charge is -2.36. The van der Waals surface area contributed by atoms with Crippen LogP contribution in [0.1, 0.15) is 63.2 Å². The van der Waals surface area contributed by atoms with E-state index < -0.39 is 0 Å². The number of rotatable bonds is 4. The first kappa shape index (κ1) is 23.9. The Kier molecular flexibility index (Phi) is 7.16. The van der Waals surface area contributed by atoms with Crippen molar-refractivity contribution in [3.8, 4) is 0 Å². The van der Waals surface area contributed by atoms with Crippen molar-refractivity contribution in [2.75, 3.05) is 4.90 Å². The molecule has 2 aliphatic carbocycles. The molecule has 5 nitrogen and oxygen atoms in total. The molecule has 4 rings (SSSR count). The quantitative estimate of drug-likeness (QED) is 0.264. The first-order valence-electron chi connectivity index (χ1n) is 11.6. The largest absolute Gasteiger partial charge is 0.458 e. The van der Waals surface area contributed by atoms with Crippen molar-refractivity contribution in [2.45, 2.75) is 68.6 Å². The van der Waals surface area contributed by atoms with Gasteiger partial charge in [-0.25, -0.2) is 4.79 Å². The molecule has 1 aliphatic heterocycles. The molecule has 7 unspecified atom stereocenters. The number of nitrogens with zero attached hydrogens (tertiary/aromatic N) is 1. The van der Waals surface area contributed by atoms with Gasteiger partial charge in [0.05, 0.1) is 23.1 Å². The zero-order chi connectivity index (χ0) is 23.2. The molecule has 0 N–H and O–H groups in total. The SMILES string of the molecule is CC1CCC(C(C)C)C(OC(=O)c2cccc(N3C(=O)C4CC(Br)C(Br)CC4C3=O)c2)C1. The third-order valence-corrected chi connectivity index (χ3v) is 10.2. The van der Waals surface area contributed by atoms with Crippen molar-refractivity contribution in [1.29, 1.82) is 0 Å². The Labute approximate surface area is 206 Å². The summed E-state index contributed by atoms with van der Waals surface area (Å²) in [6, 6.07) is 6.77. The van der Waals surface area contributed by atoms with Gasteiger partial charge < -0.3 is 4.74 Å². The molecule has 0 radical (unpaired) electrons. The topological polar surface area (TPSA) is 63.7 Å². The van der Waals surface area contributed by atoms with Crippen LogP contribution in [-0.2, 0) is 14.3 Å². The summed E-state index contributed by atoms with van der Waals surface area (Å²) in [4.78, 5) is 40.8. The number of fused-ring (bicyclic) bond motifs is 1. The summed E-state index contributed by atoms with van der Waals surface area (Å²) < 4.78 is 5.98. The lowest BCUT2D eigenvalue weighted by atomic mass is 9.75. The van der Waals surface area contributed by atoms with Gasteiger partial charge in [0.15, 0.2) is 0 Å². The van der Waals surface area contributed by atoms with E-state index in [2.05, 4.69) is 52.6 Å². The monoisotopic (exact) mass is 567 g/mol. The smallest absolute Gasteiger partial charge is 0.338 e. The fourth-order valence-corrected chi connectivity index (χ4v) is 6.81. The Hall–Kier alpha value is -1.21. The fraction of sp³-hybridized carbons (Fsp3) is 0.640. The van der Waals surface area contributed by atoms with Gasteiger partial charge in [-0.05, 0) is 61.6 Å². The fourth-order valence-electron chi connectivity index (χ4n) is 5.58. The summed E-state index contributed by atoms with van der Waals surface area (Å²) in [6.07, 6.45) is 4.26. The van der Waals surface area contributed by atoms with Crippen LogP contribution in [0.5, 0.6) is 0 Å². The number of hydrogen-bond donors (Lipinski definition) is 0. The van der Waals surface area contributed by atoms with Crippen molar-refractivity contribution in [3.63, 3.8) is 0 Å². The standard InChI is InChI=1S/C25H31Br2NO4/c1-13(2)17-8-7-14(3)9-22(17)32-25(31)15-5-4-6-16(10-15)28-23(29)18-11-20(26)21(27)12-19(18)24(28)30/h4-6,10,13-14,17-22H,7-9,11-12H2,1-3H3. The second-order valence-electron chi connectivity index (χ2n) is 10.0. The van der Waals surface area contributed by atoms with Gasteiger partial charge in [0.25, 0.3) is 0 Å². The summed E-state index contributed by atoms with van der Waals surface area (Å²) in [5, 5.41) is 0. The number of halogens is 2. The lowest BCUT2D eigenvalue weighted by Crippen LogP contribution is -2.36. The molecule has 0 spiro atoms. The molecule has 7 heteroatoms. The minimum Gasteiger partial charge on any atom is -0.458 e. The van der Waals surface area contributed by atoms with Gasteiger partial charge in [0.2, 0.25) is 11.8 Å². The number of benzene rings is 1. The van der Waals surface area contributed by atoms with Crippen LogP contribution in [-0.4, -0.2) is 33.5 Å². The minimum absolute atomic E-state index is 0.0976. The highest BCUT2D eigenvalue weighted by Crippen LogP contribution is 2.44. The van der Waals surface area contributed by atoms with Crippen LogP contribution in [0, 0.1) is 29.6 Å². The number of imide groups is 1. The first-order valence-corrected chi connectivity index (χ1v) is 13.5. The van der Waals surface area contributed by atoms with Crippen molar-refractivity contribution >= 4 is 55.3 Å². The molecule has 32 heavy (non-hydrogen) atoms. The van der Waals surface area contributed by atoms with E-state index in [4.69, 9.17) is 4.74 Å². The van der Waals surface area contributed by atoms with Crippen molar-refractivity contribution in [2.24, 2.45) is 29.6 Å². The van der Waals surface area contributed by atoms with E-state index in [0.717, 1.165) is 12.8 Å². The zero-order valence-electron chi connectivity index (χ0n) is 18.8. The number of amides is 2. The Morgan fingerprint density at radius 2 is 1.66 bits per heavy atom. The normalized spacial score (nSPS) is 35.2. The van der Waals surface area contributed by atoms with Crippen LogP contribution in [0.4, 0.5) is 5.69 Å². The van der Waals surface area contributed by atoms with E-state index in [9.17, 15) is 14.4 Å². The second kappa shape index (κ2) is 9.57. The van der Waals surface area contributed by atoms with Gasteiger partial charge in [-0.3, -0.25) is 14.5 Å². The van der Waals surface area contributed by atoms with Crippen LogP contribution in [0.25, 0.3) is 0 Å². The number of anilines is 1. The number of carbonyl (C=O) groups excluding carboxylic acids is 3. The second-order valence-corrected chi connectivity index (χ2v) is 12.4. The molecule has 7 atom stereocenters. The number of ether oxygens (including phenoxy) is 1. The maximum Gasteiger partial charge on any atom is 0.338 e. The Bertz CT molecular complexity index is 876. The number of alkyl halides is 2. The van der Waals surface area contributed by atoms with Crippen LogP contribution < -0.4 is 4.90 Å². The van der Waals surface area contributed by atoms with E-state index in [1.807, 2.05) is 0 Å². The van der Waals surface area contributed by atoms with E-state index in [-0.39, 0.29) is 45.4 Å². The number of hydrogen-bond acceptors (Lipinski definition) is 4. The minimum atomic E-state index is -0.380. The number of carbonyl (C=O) groups is 3. The third kappa shape index (κ3) is 4.56. The molecule has 3 aliphatic rings. The van der Waals surface area contributed by atoms with E-state index in [1.165, 1.54) is 11.3 Å². The van der Waals surface area contributed by atoms with Gasteiger partial charge >= 0.3 is 5.97 Å². The van der Waals surface area contributed by atoms with Crippen molar-refractivity contribution in [3.05, 3.63) is 29.8 Å². The summed E-state index contributed by atoms with van der Waals surface area (Å²) in [6.45, 7) is 6.57. The summed E-state index contributed by atoms with van der Waals surface area (Å²) in [5.74, 6) is -0.00349. The highest BCUT2D eigenvalue weighted by atomic mass is 79.9. The Morgan fingerprint density at radius 1 is 1.03 bits per heavy atom. The van der Waals surface area contributed by atoms with Gasteiger partial charge in [-0.2, -0.15) is 0 Å². The van der Waals surface area contributed by atoms with Crippen molar-refractivity contribution in [1.82, 2.24) is 0 Å². The van der Waals surface area contributed by atoms with Crippen LogP contribution in [0.2, 0.25) is 0 Å². The van der Waals surface area contributed by atoms with Gasteiger partial charge in [-0.15, -0.1) is 0 Å². The maximum absolute atomic E-state index is 13.1. The Balaban J connectivity index is 1.53. The van der Waals surface area contributed by atoms with Crippen LogP contribution in [0.15, 0.2) is 24.3 Å². The molecule has 1 saturated heterocycles. The van der Waals surface area contributed by atoms with E-state index in [1.54, 1.807) is 24.3 Å². The maximum atomic E-state index is 13.1. The van der Waals surface area contributed by atoms with E-state index in [0.29, 0.717) is 41.8 Å². The first-order chi connectivity index (χ1) is 15.2. The number of esters is 1.